The number of hydrogen-bond acceptors (Lipinski definition) is 4. The van der Waals surface area contributed by atoms with E-state index in [2.05, 4.69) is 0 Å². The first-order valence-electron chi connectivity index (χ1n) is 2.22. The van der Waals surface area contributed by atoms with Gasteiger partial charge in [0.15, 0.2) is 0 Å². The zero-order valence-electron chi connectivity index (χ0n) is 4.81. The van der Waals surface area contributed by atoms with Crippen molar-refractivity contribution >= 4 is 19.9 Å². The van der Waals surface area contributed by atoms with Crippen molar-refractivity contribution in [1.82, 2.24) is 0 Å². The predicted octanol–water partition coefficient (Wildman–Crippen LogP) is -0.0968. The Balaban J connectivity index is 3.53. The molecule has 0 saturated carbocycles. The summed E-state index contributed by atoms with van der Waals surface area (Å²) in [5, 5.41) is 8.52. The Morgan fingerprint density at radius 1 is 1.67 bits per heavy atom. The molecule has 0 radical (unpaired) electrons. The van der Waals surface area contributed by atoms with Crippen molar-refractivity contribution in [3.8, 4) is 0 Å². The third kappa shape index (κ3) is 8.22. The van der Waals surface area contributed by atoms with Crippen LogP contribution in [0.5, 0.6) is 0 Å². The van der Waals surface area contributed by atoms with Crippen molar-refractivity contribution in [2.45, 2.75) is 13.0 Å². The summed E-state index contributed by atoms with van der Waals surface area (Å²) in [6.07, 6.45) is -0.711. The summed E-state index contributed by atoms with van der Waals surface area (Å²) in [7, 11) is -3.64. The Morgan fingerprint density at radius 3 is 2.22 bits per heavy atom. The quantitative estimate of drug-likeness (QED) is 0.459. The molecule has 0 amide bonds. The Hall–Kier alpha value is 0.220. The van der Waals surface area contributed by atoms with Crippen LogP contribution < -0.4 is 0 Å². The lowest BCUT2D eigenvalue weighted by molar-refractivity contribution is 0.220. The fourth-order valence-electron chi connectivity index (χ4n) is 0.184. The molecule has 0 fully saturated rings. The normalized spacial score (nSPS) is 15.4. The topological polar surface area (TPSA) is 74.6 Å². The lowest BCUT2D eigenvalue weighted by Gasteiger charge is -1.98. The van der Waals surface area contributed by atoms with E-state index < -0.39 is 15.3 Å². The van der Waals surface area contributed by atoms with Crippen LogP contribution in [0.25, 0.3) is 0 Å². The Labute approximate surface area is 57.4 Å². The van der Waals surface area contributed by atoms with E-state index in [4.69, 9.17) is 9.66 Å². The van der Waals surface area contributed by atoms with Gasteiger partial charge in [-0.3, -0.25) is 4.55 Å². The van der Waals surface area contributed by atoms with Crippen LogP contribution >= 0.6 is 10.8 Å². The molecule has 56 valence electrons. The Kier molecular flexibility index (Phi) is 3.49. The predicted molar refractivity (Wildman–Crippen MR) is 35.7 cm³/mol. The van der Waals surface area contributed by atoms with E-state index in [0.717, 1.165) is 0 Å². The highest BCUT2D eigenvalue weighted by molar-refractivity contribution is 8.69. The van der Waals surface area contributed by atoms with E-state index in [0.29, 0.717) is 10.8 Å². The number of aliphatic hydroxyl groups excluding tert-OH is 1. The van der Waals surface area contributed by atoms with Crippen molar-refractivity contribution in [3.05, 3.63) is 0 Å². The minimum absolute atomic E-state index is 0.00116. The monoisotopic (exact) mass is 172 g/mol. The third-order valence-electron chi connectivity index (χ3n) is 0.458. The smallest absolute Gasteiger partial charge is 0.319 e. The summed E-state index contributed by atoms with van der Waals surface area (Å²) >= 11 is 0. The molecule has 0 aromatic carbocycles. The molecular formula is C3H8O4S2. The van der Waals surface area contributed by atoms with Gasteiger partial charge < -0.3 is 5.11 Å². The molecule has 0 aromatic heterocycles. The van der Waals surface area contributed by atoms with Gasteiger partial charge in [-0.2, -0.15) is 8.42 Å². The average molecular weight is 172 g/mol. The van der Waals surface area contributed by atoms with Crippen molar-refractivity contribution in [3.63, 3.8) is 0 Å². The standard InChI is InChI=1S/C3H8O4S2/c1-3(4)2-8-9(5,6)7/h3-4H,2H2,1H3,(H,5,6,7). The van der Waals surface area contributed by atoms with Gasteiger partial charge in [-0.1, -0.05) is 0 Å². The molecule has 0 bridgehead atoms. The van der Waals surface area contributed by atoms with Gasteiger partial charge >= 0.3 is 9.15 Å². The lowest BCUT2D eigenvalue weighted by Crippen LogP contribution is -2.05. The largest absolute Gasteiger partial charge is 0.393 e. The summed E-state index contributed by atoms with van der Waals surface area (Å²) in [6.45, 7) is 1.44. The van der Waals surface area contributed by atoms with Gasteiger partial charge in [0.25, 0.3) is 0 Å². The van der Waals surface area contributed by atoms with Gasteiger partial charge in [0.1, 0.15) is 0 Å². The van der Waals surface area contributed by atoms with Crippen molar-refractivity contribution in [2.75, 3.05) is 5.75 Å². The molecule has 0 aliphatic heterocycles. The lowest BCUT2D eigenvalue weighted by atomic mass is 10.5. The fourth-order valence-corrected chi connectivity index (χ4v) is 1.66. The molecule has 0 heterocycles. The molecule has 4 nitrogen and oxygen atoms in total. The highest BCUT2D eigenvalue weighted by atomic mass is 33.1. The minimum Gasteiger partial charge on any atom is -0.393 e. The summed E-state index contributed by atoms with van der Waals surface area (Å²) in [5.74, 6) is -0.00116. The van der Waals surface area contributed by atoms with Gasteiger partial charge in [0.2, 0.25) is 0 Å². The number of aliphatic hydroxyl groups is 1. The van der Waals surface area contributed by atoms with Crippen molar-refractivity contribution in [1.29, 1.82) is 0 Å². The second-order valence-corrected chi connectivity index (χ2v) is 4.96. The number of hydrogen-bond donors (Lipinski definition) is 2. The first-order chi connectivity index (χ1) is 3.92. The van der Waals surface area contributed by atoms with Gasteiger partial charge in [0, 0.05) is 5.75 Å². The molecule has 1 unspecified atom stereocenters. The first-order valence-corrected chi connectivity index (χ1v) is 5.16. The Bertz CT molecular complexity index is 159. The molecule has 1 atom stereocenters. The molecule has 2 N–H and O–H groups in total. The SMILES string of the molecule is CC(O)CSS(=O)(=O)O. The zero-order valence-corrected chi connectivity index (χ0v) is 6.44. The fraction of sp³-hybridized carbons (Fsp3) is 1.00. The van der Waals surface area contributed by atoms with E-state index in [1.54, 1.807) is 0 Å². The van der Waals surface area contributed by atoms with E-state index in [9.17, 15) is 8.42 Å². The highest BCUT2D eigenvalue weighted by Crippen LogP contribution is 2.09. The van der Waals surface area contributed by atoms with Crippen LogP contribution in [0, 0.1) is 0 Å². The van der Waals surface area contributed by atoms with E-state index in [1.807, 2.05) is 0 Å². The molecule has 6 heteroatoms. The maximum absolute atomic E-state index is 9.94. The molecule has 9 heavy (non-hydrogen) atoms. The van der Waals surface area contributed by atoms with Crippen LogP contribution in [-0.4, -0.2) is 29.9 Å². The van der Waals surface area contributed by atoms with E-state index in [-0.39, 0.29) is 5.75 Å². The maximum Gasteiger partial charge on any atom is 0.319 e. The minimum atomic E-state index is -3.96. The summed E-state index contributed by atoms with van der Waals surface area (Å²) in [4.78, 5) is 0. The summed E-state index contributed by atoms with van der Waals surface area (Å²) in [5.41, 5.74) is 0. The van der Waals surface area contributed by atoms with Crippen LogP contribution in [0.1, 0.15) is 6.92 Å². The van der Waals surface area contributed by atoms with Crippen molar-refractivity contribution in [2.24, 2.45) is 0 Å². The average Bonchev–Trinajstić information content (AvgIpc) is 1.59. The highest BCUT2D eigenvalue weighted by Gasteiger charge is 2.06. The van der Waals surface area contributed by atoms with Gasteiger partial charge in [-0.25, -0.2) is 0 Å². The van der Waals surface area contributed by atoms with E-state index in [1.165, 1.54) is 6.92 Å². The van der Waals surface area contributed by atoms with Gasteiger partial charge in [0.05, 0.1) is 6.10 Å². The van der Waals surface area contributed by atoms with Gasteiger partial charge in [-0.05, 0) is 17.7 Å². The van der Waals surface area contributed by atoms with Crippen LogP contribution in [0.15, 0.2) is 0 Å². The summed E-state index contributed by atoms with van der Waals surface area (Å²) in [6, 6.07) is 0. The van der Waals surface area contributed by atoms with Gasteiger partial charge in [-0.15, -0.1) is 0 Å². The second-order valence-electron chi connectivity index (χ2n) is 1.56. The molecule has 0 saturated heterocycles. The second kappa shape index (κ2) is 3.40. The number of rotatable bonds is 3. The molecule has 0 spiro atoms. The summed E-state index contributed by atoms with van der Waals surface area (Å²) < 4.78 is 28.0. The van der Waals surface area contributed by atoms with Crippen LogP contribution in [-0.2, 0) is 9.15 Å². The molecular weight excluding hydrogens is 164 g/mol. The molecule has 0 rings (SSSR count). The Morgan fingerprint density at radius 2 is 2.11 bits per heavy atom. The molecule has 0 aromatic rings. The van der Waals surface area contributed by atoms with Crippen LogP contribution in [0.2, 0.25) is 0 Å². The molecule has 0 aliphatic carbocycles. The third-order valence-corrected chi connectivity index (χ3v) is 2.68. The molecule has 0 aliphatic rings. The van der Waals surface area contributed by atoms with Crippen LogP contribution in [0.3, 0.4) is 0 Å². The van der Waals surface area contributed by atoms with E-state index >= 15 is 0 Å². The maximum atomic E-state index is 9.94. The zero-order chi connectivity index (χ0) is 7.49. The van der Waals surface area contributed by atoms with Crippen molar-refractivity contribution < 1.29 is 18.1 Å². The first kappa shape index (κ1) is 9.22. The van der Waals surface area contributed by atoms with Crippen LogP contribution in [0.4, 0.5) is 0 Å².